The van der Waals surface area contributed by atoms with Gasteiger partial charge in [-0.25, -0.2) is 0 Å². The van der Waals surface area contributed by atoms with Crippen LogP contribution in [-0.4, -0.2) is 0 Å². The van der Waals surface area contributed by atoms with E-state index in [4.69, 9.17) is 0 Å². The fraction of sp³-hybridized carbons (Fsp3) is 0.200. The lowest BCUT2D eigenvalue weighted by atomic mass is 9.95. The Bertz CT molecular complexity index is 462. The smallest absolute Gasteiger partial charge is 0.00852 e. The fourth-order valence-electron chi connectivity index (χ4n) is 2.43. The third-order valence-electron chi connectivity index (χ3n) is 3.21. The molecule has 0 aromatic heterocycles. The van der Waals surface area contributed by atoms with Crippen molar-refractivity contribution in [2.75, 3.05) is 0 Å². The van der Waals surface area contributed by atoms with Gasteiger partial charge in [-0.3, -0.25) is 0 Å². The molecular weight excluding hydrogens is 180 g/mol. The summed E-state index contributed by atoms with van der Waals surface area (Å²) in [5.74, 6) is 0. The standard InChI is InChI=1S/C15H14/c1-2-7-12(6-1)14-10-5-11-15(14)13-8-3-4-9-13/h1-6,8,10H,7,9,11H2. The summed E-state index contributed by atoms with van der Waals surface area (Å²) in [4.78, 5) is 0. The van der Waals surface area contributed by atoms with Crippen molar-refractivity contribution in [1.29, 1.82) is 0 Å². The summed E-state index contributed by atoms with van der Waals surface area (Å²) in [6.07, 6.45) is 21.2. The monoisotopic (exact) mass is 194 g/mol. The Morgan fingerprint density at radius 3 is 2.13 bits per heavy atom. The predicted octanol–water partition coefficient (Wildman–Crippen LogP) is 4.02. The average Bonchev–Trinajstić information content (AvgIpc) is 3.01. The molecule has 74 valence electrons. The highest BCUT2D eigenvalue weighted by molar-refractivity contribution is 5.58. The number of hydrogen-bond acceptors (Lipinski definition) is 0. The van der Waals surface area contributed by atoms with Gasteiger partial charge in [-0.2, -0.15) is 0 Å². The molecule has 0 N–H and O–H groups in total. The van der Waals surface area contributed by atoms with Crippen LogP contribution in [0.2, 0.25) is 0 Å². The summed E-state index contributed by atoms with van der Waals surface area (Å²) in [6.45, 7) is 0. The van der Waals surface area contributed by atoms with E-state index in [-0.39, 0.29) is 0 Å². The Balaban J connectivity index is 1.96. The maximum Gasteiger partial charge on any atom is -0.00852 e. The second-order valence-corrected chi connectivity index (χ2v) is 4.15. The van der Waals surface area contributed by atoms with Crippen LogP contribution in [0.15, 0.2) is 70.9 Å². The third kappa shape index (κ3) is 1.46. The van der Waals surface area contributed by atoms with E-state index in [0.29, 0.717) is 0 Å². The van der Waals surface area contributed by atoms with Crippen LogP contribution in [0.4, 0.5) is 0 Å². The van der Waals surface area contributed by atoms with Gasteiger partial charge in [0.15, 0.2) is 0 Å². The van der Waals surface area contributed by atoms with Crippen molar-refractivity contribution in [3.63, 3.8) is 0 Å². The van der Waals surface area contributed by atoms with Crippen LogP contribution >= 0.6 is 0 Å². The molecule has 0 saturated heterocycles. The van der Waals surface area contributed by atoms with Crippen molar-refractivity contribution >= 4 is 0 Å². The number of allylic oxidation sites excluding steroid dienone is 12. The molecule has 0 bridgehead atoms. The highest BCUT2D eigenvalue weighted by Crippen LogP contribution is 2.35. The van der Waals surface area contributed by atoms with E-state index in [1.165, 1.54) is 22.3 Å². The van der Waals surface area contributed by atoms with Gasteiger partial charge in [-0.1, -0.05) is 48.6 Å². The second kappa shape index (κ2) is 3.54. The molecule has 0 aliphatic heterocycles. The molecule has 0 fully saturated rings. The van der Waals surface area contributed by atoms with Crippen LogP contribution < -0.4 is 0 Å². The van der Waals surface area contributed by atoms with E-state index in [1.54, 1.807) is 0 Å². The van der Waals surface area contributed by atoms with Gasteiger partial charge in [0.2, 0.25) is 0 Å². The molecule has 0 atom stereocenters. The zero-order chi connectivity index (χ0) is 10.1. The Hall–Kier alpha value is -1.56. The SMILES string of the molecule is C1=CCC(C2=C(C3=CC=CC3)CC=C2)=C1. The van der Waals surface area contributed by atoms with Gasteiger partial charge in [0, 0.05) is 0 Å². The molecule has 0 aromatic rings. The first-order valence-electron chi connectivity index (χ1n) is 5.57. The van der Waals surface area contributed by atoms with E-state index in [9.17, 15) is 0 Å². The van der Waals surface area contributed by atoms with Crippen molar-refractivity contribution in [3.8, 4) is 0 Å². The van der Waals surface area contributed by atoms with Crippen molar-refractivity contribution in [3.05, 3.63) is 70.9 Å². The lowest BCUT2D eigenvalue weighted by Crippen LogP contribution is -1.90. The fourth-order valence-corrected chi connectivity index (χ4v) is 2.43. The molecular formula is C15H14. The molecule has 0 heteroatoms. The van der Waals surface area contributed by atoms with Crippen LogP contribution in [0, 0.1) is 0 Å². The second-order valence-electron chi connectivity index (χ2n) is 4.15. The van der Waals surface area contributed by atoms with Crippen molar-refractivity contribution in [1.82, 2.24) is 0 Å². The molecule has 0 radical (unpaired) electrons. The van der Waals surface area contributed by atoms with Gasteiger partial charge in [0.05, 0.1) is 0 Å². The maximum absolute atomic E-state index is 2.29. The predicted molar refractivity (Wildman–Crippen MR) is 64.5 cm³/mol. The molecule has 0 unspecified atom stereocenters. The van der Waals surface area contributed by atoms with Gasteiger partial charge in [0.25, 0.3) is 0 Å². The molecule has 15 heavy (non-hydrogen) atoms. The quantitative estimate of drug-likeness (QED) is 0.623. The molecule has 3 aliphatic rings. The summed E-state index contributed by atoms with van der Waals surface area (Å²) in [5.41, 5.74) is 5.99. The Kier molecular flexibility index (Phi) is 2.06. The van der Waals surface area contributed by atoms with Crippen molar-refractivity contribution in [2.45, 2.75) is 19.3 Å². The first kappa shape index (κ1) is 8.72. The van der Waals surface area contributed by atoms with Crippen LogP contribution in [-0.2, 0) is 0 Å². The summed E-state index contributed by atoms with van der Waals surface area (Å²) in [6, 6.07) is 0. The minimum Gasteiger partial charge on any atom is -0.0801 e. The Labute approximate surface area is 90.7 Å². The first-order valence-corrected chi connectivity index (χ1v) is 5.57. The molecule has 0 nitrogen and oxygen atoms in total. The van der Waals surface area contributed by atoms with Crippen LogP contribution in [0.1, 0.15) is 19.3 Å². The molecule has 3 rings (SSSR count). The van der Waals surface area contributed by atoms with E-state index < -0.39 is 0 Å². The topological polar surface area (TPSA) is 0 Å². The van der Waals surface area contributed by atoms with Gasteiger partial charge in [-0.05, 0) is 41.6 Å². The van der Waals surface area contributed by atoms with Crippen LogP contribution in [0.5, 0.6) is 0 Å². The van der Waals surface area contributed by atoms with Gasteiger partial charge >= 0.3 is 0 Å². The molecule has 0 amide bonds. The zero-order valence-electron chi connectivity index (χ0n) is 8.74. The summed E-state index contributed by atoms with van der Waals surface area (Å²) >= 11 is 0. The number of rotatable bonds is 2. The van der Waals surface area contributed by atoms with Gasteiger partial charge < -0.3 is 0 Å². The normalized spacial score (nSPS) is 22.9. The van der Waals surface area contributed by atoms with Crippen molar-refractivity contribution in [2.24, 2.45) is 0 Å². The Morgan fingerprint density at radius 2 is 1.47 bits per heavy atom. The average molecular weight is 194 g/mol. The minimum absolute atomic E-state index is 1.10. The molecule has 0 heterocycles. The van der Waals surface area contributed by atoms with E-state index in [0.717, 1.165) is 19.3 Å². The zero-order valence-corrected chi connectivity index (χ0v) is 8.74. The van der Waals surface area contributed by atoms with E-state index in [1.807, 2.05) is 0 Å². The summed E-state index contributed by atoms with van der Waals surface area (Å²) in [7, 11) is 0. The molecule has 0 aromatic carbocycles. The molecule has 0 saturated carbocycles. The first-order chi connectivity index (χ1) is 7.45. The molecule has 0 spiro atoms. The maximum atomic E-state index is 2.29. The van der Waals surface area contributed by atoms with E-state index in [2.05, 4.69) is 48.6 Å². The lowest BCUT2D eigenvalue weighted by molar-refractivity contribution is 1.15. The number of hydrogen-bond donors (Lipinski definition) is 0. The van der Waals surface area contributed by atoms with E-state index >= 15 is 0 Å². The summed E-state index contributed by atoms with van der Waals surface area (Å²) in [5, 5.41) is 0. The highest BCUT2D eigenvalue weighted by atomic mass is 14.2. The minimum atomic E-state index is 1.10. The van der Waals surface area contributed by atoms with Crippen LogP contribution in [0.3, 0.4) is 0 Å². The van der Waals surface area contributed by atoms with Gasteiger partial charge in [0.1, 0.15) is 0 Å². The molecule has 3 aliphatic carbocycles. The lowest BCUT2D eigenvalue weighted by Gasteiger charge is -2.09. The van der Waals surface area contributed by atoms with Crippen LogP contribution in [0.25, 0.3) is 0 Å². The summed E-state index contributed by atoms with van der Waals surface area (Å²) < 4.78 is 0. The van der Waals surface area contributed by atoms with Crippen molar-refractivity contribution < 1.29 is 0 Å². The third-order valence-corrected chi connectivity index (χ3v) is 3.21. The van der Waals surface area contributed by atoms with Gasteiger partial charge in [-0.15, -0.1) is 0 Å². The highest BCUT2D eigenvalue weighted by Gasteiger charge is 2.17. The largest absolute Gasteiger partial charge is 0.0801 e. The Morgan fingerprint density at radius 1 is 0.733 bits per heavy atom.